The number of aromatic hydroxyl groups is 1. The quantitative estimate of drug-likeness (QED) is 0.0580. The molecule has 3 N–H and O–H groups in total. The molecule has 2 aliphatic carbocycles. The zero-order chi connectivity index (χ0) is 38.9. The Morgan fingerprint density at radius 3 is 2.50 bits per heavy atom. The van der Waals surface area contributed by atoms with E-state index in [0.717, 1.165) is 37.7 Å². The average Bonchev–Trinajstić information content (AvgIpc) is 3.44. The van der Waals surface area contributed by atoms with Gasteiger partial charge in [0.05, 0.1) is 24.5 Å². The van der Waals surface area contributed by atoms with Crippen LogP contribution in [0.3, 0.4) is 0 Å². The minimum absolute atomic E-state index is 0. The molecule has 1 fully saturated rings. The largest absolute Gasteiger partial charge is 2.00 e. The van der Waals surface area contributed by atoms with Crippen LogP contribution in [0.25, 0.3) is 0 Å². The van der Waals surface area contributed by atoms with E-state index in [1.807, 2.05) is 25.7 Å². The Kier molecular flexibility index (Phi) is 17.4. The second kappa shape index (κ2) is 20.7. The van der Waals surface area contributed by atoms with Gasteiger partial charge in [0, 0.05) is 31.0 Å². The first-order valence-electron chi connectivity index (χ1n) is 19.4. The Bertz CT molecular complexity index is 1560. The molecule has 7 atom stereocenters. The minimum atomic E-state index is -0.659. The van der Waals surface area contributed by atoms with Crippen molar-refractivity contribution in [3.05, 3.63) is 58.8 Å². The third-order valence-electron chi connectivity index (χ3n) is 11.4. The molecular formula is C41H60MnN4O7S. The van der Waals surface area contributed by atoms with E-state index in [1.165, 1.54) is 18.4 Å². The number of phenols is 1. The number of carbonyl (C=O) groups excluding carboxylic acids is 4. The van der Waals surface area contributed by atoms with Crippen molar-refractivity contribution in [2.75, 3.05) is 20.3 Å². The number of hydrogen-bond donors (Lipinski definition) is 3. The van der Waals surface area contributed by atoms with Gasteiger partial charge in [0.2, 0.25) is 5.91 Å². The van der Waals surface area contributed by atoms with Crippen molar-refractivity contribution in [1.82, 2.24) is 20.5 Å². The molecule has 3 amide bonds. The van der Waals surface area contributed by atoms with Crippen LogP contribution >= 0.6 is 11.3 Å². The molecule has 1 aromatic heterocycles. The van der Waals surface area contributed by atoms with Gasteiger partial charge in [-0.25, -0.2) is 4.98 Å². The van der Waals surface area contributed by atoms with Gasteiger partial charge in [-0.3, -0.25) is 14.4 Å². The number of hydrogen-bond acceptors (Lipinski definition) is 9. The molecular weight excluding hydrogens is 747 g/mol. The first-order chi connectivity index (χ1) is 25.4. The van der Waals surface area contributed by atoms with Crippen LogP contribution in [-0.4, -0.2) is 76.6 Å². The number of thiazole rings is 1. The maximum atomic E-state index is 14.6. The summed E-state index contributed by atoms with van der Waals surface area (Å²) < 4.78 is 11.5. The number of methoxy groups -OCH3 is 1. The summed E-state index contributed by atoms with van der Waals surface area (Å²) in [5.74, 6) is -1.29. The third-order valence-corrected chi connectivity index (χ3v) is 12.3. The molecule has 2 unspecified atom stereocenters. The second-order valence-electron chi connectivity index (χ2n) is 14.8. The molecule has 0 spiro atoms. The Balaban J connectivity index is 0.00000784. The number of rotatable bonds is 20. The van der Waals surface area contributed by atoms with E-state index < -0.39 is 29.6 Å². The first kappa shape index (κ1) is 45.3. The molecule has 0 bridgehead atoms. The number of fused-ring (bicyclic) bond motifs is 1. The number of benzene rings is 1. The number of unbranched alkanes of at least 4 members (excludes halogenated alkanes) is 2. The molecule has 11 nitrogen and oxygen atoms in total. The molecule has 0 aliphatic heterocycles. The predicted molar refractivity (Wildman–Crippen MR) is 206 cm³/mol. The second-order valence-corrected chi connectivity index (χ2v) is 15.7. The molecule has 2 aromatic rings. The van der Waals surface area contributed by atoms with Crippen LogP contribution < -0.4 is 10.6 Å². The zero-order valence-electron chi connectivity index (χ0n) is 33.0. The van der Waals surface area contributed by atoms with Gasteiger partial charge in [0.25, 0.3) is 5.91 Å². The van der Waals surface area contributed by atoms with E-state index in [2.05, 4.69) is 38.3 Å². The normalized spacial score (nSPS) is 23.1. The minimum Gasteiger partial charge on any atom is -0.508 e. The molecule has 1 aromatic carbocycles. The number of ether oxygens (including phenoxy) is 2. The van der Waals surface area contributed by atoms with Gasteiger partial charge in [-0.15, -0.1) is 17.8 Å². The summed E-state index contributed by atoms with van der Waals surface area (Å²) in [5.41, 5.74) is 1.33. The fourth-order valence-corrected chi connectivity index (χ4v) is 8.75. The van der Waals surface area contributed by atoms with E-state index in [4.69, 9.17) is 14.5 Å². The van der Waals surface area contributed by atoms with Crippen LogP contribution in [0.5, 0.6) is 5.75 Å². The van der Waals surface area contributed by atoms with Crippen molar-refractivity contribution in [3.8, 4) is 5.75 Å². The van der Waals surface area contributed by atoms with Gasteiger partial charge in [-0.2, -0.15) is 12.8 Å². The van der Waals surface area contributed by atoms with E-state index >= 15 is 0 Å². The fraction of sp³-hybridized carbons (Fsp3) is 0.634. The molecule has 54 heavy (non-hydrogen) atoms. The molecule has 0 saturated heterocycles. The fourth-order valence-electron chi connectivity index (χ4n) is 7.90. The summed E-state index contributed by atoms with van der Waals surface area (Å²) >= 11 is 1.37. The number of amides is 3. The SMILES string of the molecule is [CH2-]CCC[CH-]C(=O)N[C@H](C(=O)N(CCC)C1(C[C@@H](OCCC)c2nc(C(=O)N[C@H]3Cc4ccc(O)cc4[C@H](C(=O)OC)C3)cs2)C(C)C1C)[C@@H](C)CC.[Mn+2]. The molecule has 13 heteroatoms. The van der Waals surface area contributed by atoms with E-state index in [9.17, 15) is 24.3 Å². The molecule has 1 radical (unpaired) electrons. The summed E-state index contributed by atoms with van der Waals surface area (Å²) in [7, 11) is 1.33. The topological polar surface area (TPSA) is 147 Å². The van der Waals surface area contributed by atoms with Gasteiger partial charge >= 0.3 is 23.0 Å². The predicted octanol–water partition coefficient (Wildman–Crippen LogP) is 6.71. The Morgan fingerprint density at radius 1 is 1.17 bits per heavy atom. The molecule has 299 valence electrons. The van der Waals surface area contributed by atoms with E-state index in [0.29, 0.717) is 49.4 Å². The maximum Gasteiger partial charge on any atom is 2.00 e. The van der Waals surface area contributed by atoms with Gasteiger partial charge < -0.3 is 48.3 Å². The maximum absolute atomic E-state index is 14.6. The standard InChI is InChI=1S/C41H60N4O7S.Mn/c1-9-13-14-15-35(47)44-36(25(5)12-4)39(49)45(18-10-2)41(26(6)27(41)7)23-34(52-19-11-3)38-43-33(24-53-38)37(48)42-29-20-28-16-17-30(46)22-31(28)32(21-29)40(50)51-8;/h15-17,22,24-27,29,32,34,36,46H,1,9-14,18-21,23H2,2-8H3,(H,42,48)(H,44,47);/q-2;+2/t25-,26?,27?,29-,32+,34+,36-,41?;/m0./s1. The summed E-state index contributed by atoms with van der Waals surface area (Å²) in [6.45, 7) is 17.4. The Hall–Kier alpha value is -3.12. The number of aromatic nitrogens is 1. The third kappa shape index (κ3) is 10.4. The zero-order valence-corrected chi connectivity index (χ0v) is 35.0. The Morgan fingerprint density at radius 2 is 1.89 bits per heavy atom. The molecule has 4 rings (SSSR count). The summed E-state index contributed by atoms with van der Waals surface area (Å²) in [5, 5.41) is 18.6. The van der Waals surface area contributed by atoms with Gasteiger partial charge in [0.15, 0.2) is 0 Å². The summed E-state index contributed by atoms with van der Waals surface area (Å²) in [4.78, 5) is 60.7. The van der Waals surface area contributed by atoms with Crippen molar-refractivity contribution in [1.29, 1.82) is 0 Å². The first-order valence-corrected chi connectivity index (χ1v) is 20.3. The monoisotopic (exact) mass is 807 g/mol. The summed E-state index contributed by atoms with van der Waals surface area (Å²) in [6.07, 6.45) is 6.97. The van der Waals surface area contributed by atoms with Crippen LogP contribution in [0, 0.1) is 31.1 Å². The van der Waals surface area contributed by atoms with Crippen LogP contribution in [-0.2, 0) is 47.3 Å². The van der Waals surface area contributed by atoms with Gasteiger partial charge in [-0.1, -0.05) is 54.0 Å². The number of esters is 1. The van der Waals surface area contributed by atoms with Crippen LogP contribution in [0.2, 0.25) is 0 Å². The van der Waals surface area contributed by atoms with Crippen LogP contribution in [0.4, 0.5) is 0 Å². The van der Waals surface area contributed by atoms with Crippen molar-refractivity contribution in [2.24, 2.45) is 17.8 Å². The number of carbonyl (C=O) groups is 4. The van der Waals surface area contributed by atoms with Crippen molar-refractivity contribution in [2.45, 2.75) is 129 Å². The van der Waals surface area contributed by atoms with Crippen molar-refractivity contribution in [3.63, 3.8) is 0 Å². The van der Waals surface area contributed by atoms with E-state index in [1.54, 1.807) is 30.0 Å². The average molecular weight is 808 g/mol. The number of nitrogens with one attached hydrogen (secondary N) is 2. The van der Waals surface area contributed by atoms with Crippen molar-refractivity contribution >= 4 is 35.0 Å². The molecule has 1 saturated carbocycles. The molecule has 2 aliphatic rings. The van der Waals surface area contributed by atoms with Crippen LogP contribution in [0.15, 0.2) is 23.6 Å². The van der Waals surface area contributed by atoms with Crippen molar-refractivity contribution < 1.29 is 50.8 Å². The molecule has 1 heterocycles. The van der Waals surface area contributed by atoms with Gasteiger partial charge in [-0.05, 0) is 66.7 Å². The smallest absolute Gasteiger partial charge is 0.508 e. The van der Waals surface area contributed by atoms with Gasteiger partial charge in [0.1, 0.15) is 28.6 Å². The number of phenolic OH excluding ortho intramolecular Hbond substituents is 1. The Labute approximate surface area is 336 Å². The van der Waals surface area contributed by atoms with Crippen LogP contribution in [0.1, 0.15) is 132 Å². The summed E-state index contributed by atoms with van der Waals surface area (Å²) in [6, 6.07) is 3.95. The van der Waals surface area contributed by atoms with E-state index in [-0.39, 0.29) is 70.0 Å². The number of nitrogens with zero attached hydrogens (tertiary/aromatic N) is 2.